The zero-order chi connectivity index (χ0) is 23.2. The Morgan fingerprint density at radius 1 is 1.06 bits per heavy atom. The maximum Gasteiger partial charge on any atom is 0.164 e. The first-order chi connectivity index (χ1) is 14.6. The fraction of sp³-hybridized carbons (Fsp3) is 0.520. The van der Waals surface area contributed by atoms with Crippen LogP contribution in [0.4, 0.5) is 4.39 Å². The standard InChI is InChI=1S/C25H37FNO3P/c1-8-12-25(9-2,20-14-19(29-6)15-21(30-7)23(20)28)31-22-11-10-18(26)13-17(22)16-27-24(3,4)5/h10-11,13-15,27-28,31H,8-9,12,16H2,1-7H3. The van der Waals surface area contributed by atoms with Crippen molar-refractivity contribution in [3.63, 3.8) is 0 Å². The van der Waals surface area contributed by atoms with Crippen LogP contribution in [0.15, 0.2) is 30.3 Å². The van der Waals surface area contributed by atoms with Crippen LogP contribution in [-0.4, -0.2) is 24.9 Å². The summed E-state index contributed by atoms with van der Waals surface area (Å²) >= 11 is 0. The monoisotopic (exact) mass is 449 g/mol. The molecule has 2 atom stereocenters. The van der Waals surface area contributed by atoms with Gasteiger partial charge in [-0.25, -0.2) is 4.39 Å². The van der Waals surface area contributed by atoms with Gasteiger partial charge in [-0.2, -0.15) is 0 Å². The van der Waals surface area contributed by atoms with Gasteiger partial charge in [-0.15, -0.1) is 0 Å². The molecule has 2 aromatic rings. The second-order valence-electron chi connectivity index (χ2n) is 8.94. The molecule has 0 saturated carbocycles. The number of methoxy groups -OCH3 is 2. The molecule has 0 aliphatic rings. The quantitative estimate of drug-likeness (QED) is 0.447. The van der Waals surface area contributed by atoms with Crippen molar-refractivity contribution in [1.29, 1.82) is 0 Å². The van der Waals surface area contributed by atoms with E-state index in [0.29, 0.717) is 26.6 Å². The van der Waals surface area contributed by atoms with Gasteiger partial charge in [0.2, 0.25) is 0 Å². The van der Waals surface area contributed by atoms with Gasteiger partial charge in [0.15, 0.2) is 11.5 Å². The fourth-order valence-corrected chi connectivity index (χ4v) is 5.70. The molecule has 2 rings (SSSR count). The minimum Gasteiger partial charge on any atom is -0.504 e. The number of nitrogens with one attached hydrogen (secondary N) is 1. The van der Waals surface area contributed by atoms with Crippen molar-refractivity contribution >= 4 is 13.9 Å². The van der Waals surface area contributed by atoms with Gasteiger partial charge in [-0.3, -0.25) is 0 Å². The summed E-state index contributed by atoms with van der Waals surface area (Å²) in [7, 11) is 3.51. The molecule has 2 N–H and O–H groups in total. The molecule has 0 aliphatic heterocycles. The Hall–Kier alpha value is -1.84. The van der Waals surface area contributed by atoms with E-state index >= 15 is 0 Å². The number of rotatable bonds is 10. The summed E-state index contributed by atoms with van der Waals surface area (Å²) in [6.45, 7) is 11.2. The van der Waals surface area contributed by atoms with Gasteiger partial charge in [0.25, 0.3) is 0 Å². The Morgan fingerprint density at radius 3 is 2.32 bits per heavy atom. The van der Waals surface area contributed by atoms with Gasteiger partial charge in [0.05, 0.1) is 14.2 Å². The zero-order valence-electron chi connectivity index (χ0n) is 19.9. The van der Waals surface area contributed by atoms with Crippen molar-refractivity contribution in [2.24, 2.45) is 0 Å². The van der Waals surface area contributed by atoms with E-state index in [4.69, 9.17) is 9.47 Å². The number of phenols is 1. The minimum absolute atomic E-state index is 0.0730. The van der Waals surface area contributed by atoms with E-state index in [9.17, 15) is 9.50 Å². The van der Waals surface area contributed by atoms with Crippen molar-refractivity contribution in [2.45, 2.75) is 71.1 Å². The maximum atomic E-state index is 14.1. The second-order valence-corrected chi connectivity index (χ2v) is 10.7. The highest BCUT2D eigenvalue weighted by atomic mass is 31.1. The topological polar surface area (TPSA) is 50.7 Å². The van der Waals surface area contributed by atoms with Gasteiger partial charge in [-0.05, 0) is 62.7 Å². The fourth-order valence-electron chi connectivity index (χ4n) is 3.82. The molecule has 0 heterocycles. The minimum atomic E-state index is -0.311. The van der Waals surface area contributed by atoms with Gasteiger partial charge in [0.1, 0.15) is 11.6 Å². The van der Waals surface area contributed by atoms with Gasteiger partial charge >= 0.3 is 0 Å². The molecule has 0 amide bonds. The molecule has 0 aliphatic carbocycles. The molecule has 0 saturated heterocycles. The van der Waals surface area contributed by atoms with Crippen molar-refractivity contribution in [3.8, 4) is 17.2 Å². The van der Waals surface area contributed by atoms with Crippen LogP contribution < -0.4 is 20.1 Å². The van der Waals surface area contributed by atoms with Crippen LogP contribution in [0, 0.1) is 5.82 Å². The van der Waals surface area contributed by atoms with Crippen LogP contribution in [0.25, 0.3) is 0 Å². The Bertz CT molecular complexity index is 882. The van der Waals surface area contributed by atoms with E-state index in [1.54, 1.807) is 26.4 Å². The summed E-state index contributed by atoms with van der Waals surface area (Å²) in [6, 6.07) is 8.66. The van der Waals surface area contributed by atoms with E-state index < -0.39 is 0 Å². The Labute approximate surface area is 188 Å². The Balaban J connectivity index is 2.59. The highest BCUT2D eigenvalue weighted by molar-refractivity contribution is 7.48. The van der Waals surface area contributed by atoms with Gasteiger partial charge in [-0.1, -0.05) is 34.9 Å². The number of halogens is 1. The lowest BCUT2D eigenvalue weighted by Gasteiger charge is -2.35. The van der Waals surface area contributed by atoms with Crippen LogP contribution in [-0.2, 0) is 11.7 Å². The number of ether oxygens (including phenoxy) is 2. The third-order valence-electron chi connectivity index (χ3n) is 5.55. The number of benzene rings is 2. The SMILES string of the molecule is CCCC(CC)(Pc1ccc(F)cc1CNC(C)(C)C)c1cc(OC)cc(OC)c1O. The number of hydrogen-bond acceptors (Lipinski definition) is 4. The van der Waals surface area contributed by atoms with Crippen LogP contribution in [0.1, 0.15) is 65.0 Å². The average molecular weight is 450 g/mol. The maximum absolute atomic E-state index is 14.1. The molecule has 0 fully saturated rings. The zero-order valence-corrected chi connectivity index (χ0v) is 20.9. The summed E-state index contributed by atoms with van der Waals surface area (Å²) in [6.07, 6.45) is 2.67. The average Bonchev–Trinajstić information content (AvgIpc) is 2.73. The number of hydrogen-bond donors (Lipinski definition) is 2. The Kier molecular flexibility index (Phi) is 8.73. The number of aromatic hydroxyl groups is 1. The molecule has 31 heavy (non-hydrogen) atoms. The van der Waals surface area contributed by atoms with Gasteiger partial charge < -0.3 is 19.9 Å². The van der Waals surface area contributed by atoms with Crippen molar-refractivity contribution in [3.05, 3.63) is 47.3 Å². The first-order valence-corrected chi connectivity index (χ1v) is 11.9. The highest BCUT2D eigenvalue weighted by Gasteiger charge is 2.35. The smallest absolute Gasteiger partial charge is 0.164 e. The molecule has 0 bridgehead atoms. The molecule has 4 nitrogen and oxygen atoms in total. The van der Waals surface area contributed by atoms with E-state index in [2.05, 4.69) is 39.9 Å². The van der Waals surface area contributed by atoms with Gasteiger partial charge in [0, 0.05) is 28.9 Å². The van der Waals surface area contributed by atoms with Crippen LogP contribution >= 0.6 is 8.58 Å². The van der Waals surface area contributed by atoms with Crippen molar-refractivity contribution < 1.29 is 19.0 Å². The van der Waals surface area contributed by atoms with E-state index in [1.165, 1.54) is 6.07 Å². The molecular weight excluding hydrogens is 412 g/mol. The lowest BCUT2D eigenvalue weighted by Crippen LogP contribution is -2.36. The third kappa shape index (κ3) is 6.33. The van der Waals surface area contributed by atoms with Crippen LogP contribution in [0.3, 0.4) is 0 Å². The summed E-state index contributed by atoms with van der Waals surface area (Å²) < 4.78 is 25.0. The van der Waals surface area contributed by atoms with Crippen molar-refractivity contribution in [1.82, 2.24) is 5.32 Å². The molecule has 172 valence electrons. The molecule has 0 radical (unpaired) electrons. The molecule has 2 aromatic carbocycles. The lowest BCUT2D eigenvalue weighted by molar-refractivity contribution is 0.354. The summed E-state index contributed by atoms with van der Waals surface area (Å²) in [5.74, 6) is 0.976. The summed E-state index contributed by atoms with van der Waals surface area (Å²) in [5.41, 5.74) is 1.71. The summed E-state index contributed by atoms with van der Waals surface area (Å²) in [4.78, 5) is 0. The molecule has 6 heteroatoms. The Morgan fingerprint density at radius 2 is 1.77 bits per heavy atom. The first kappa shape index (κ1) is 25.4. The van der Waals surface area contributed by atoms with E-state index in [-0.39, 0.29) is 22.3 Å². The molecular formula is C25H37FNO3P. The van der Waals surface area contributed by atoms with E-state index in [1.807, 2.05) is 12.1 Å². The molecule has 0 aromatic heterocycles. The molecule has 2 unspecified atom stereocenters. The normalized spacial score (nSPS) is 14.1. The molecule has 0 spiro atoms. The predicted octanol–water partition coefficient (Wildman–Crippen LogP) is 5.85. The van der Waals surface area contributed by atoms with Crippen LogP contribution in [0.2, 0.25) is 0 Å². The van der Waals surface area contributed by atoms with Crippen molar-refractivity contribution in [2.75, 3.05) is 14.2 Å². The third-order valence-corrected chi connectivity index (χ3v) is 7.66. The van der Waals surface area contributed by atoms with E-state index in [0.717, 1.165) is 35.7 Å². The highest BCUT2D eigenvalue weighted by Crippen LogP contribution is 2.53. The first-order valence-electron chi connectivity index (χ1n) is 10.9. The second kappa shape index (κ2) is 10.7. The summed E-state index contributed by atoms with van der Waals surface area (Å²) in [5, 5.41) is 15.3. The number of phenolic OH excluding ortho intramolecular Hbond substituents is 1. The predicted molar refractivity (Wildman–Crippen MR) is 129 cm³/mol. The van der Waals surface area contributed by atoms with Crippen LogP contribution in [0.5, 0.6) is 17.2 Å². The lowest BCUT2D eigenvalue weighted by atomic mass is 9.89. The largest absolute Gasteiger partial charge is 0.504 e.